The largest absolute Gasteiger partial charge is 0.486 e. The fourth-order valence-corrected chi connectivity index (χ4v) is 3.04. The molecule has 3 N–H and O–H groups in total. The van der Waals surface area contributed by atoms with Gasteiger partial charge in [-0.05, 0) is 36.4 Å². The van der Waals surface area contributed by atoms with Crippen LogP contribution in [0.3, 0.4) is 0 Å². The lowest BCUT2D eigenvalue weighted by Crippen LogP contribution is -2.29. The molecule has 0 spiro atoms. The maximum Gasteiger partial charge on any atom is 0.144 e. The summed E-state index contributed by atoms with van der Waals surface area (Å²) >= 11 is 5.75. The van der Waals surface area contributed by atoms with Crippen molar-refractivity contribution >= 4 is 40.7 Å². The van der Waals surface area contributed by atoms with E-state index in [-0.39, 0.29) is 11.1 Å². The zero-order chi connectivity index (χ0) is 18.8. The first kappa shape index (κ1) is 17.6. The summed E-state index contributed by atoms with van der Waals surface area (Å²) in [7, 11) is 0. The average molecular weight is 386 g/mol. The molecule has 2 heterocycles. The average Bonchev–Trinajstić information content (AvgIpc) is 3.08. The van der Waals surface area contributed by atoms with Gasteiger partial charge in [0.15, 0.2) is 0 Å². The van der Waals surface area contributed by atoms with Crippen molar-refractivity contribution in [3.05, 3.63) is 57.7 Å². The summed E-state index contributed by atoms with van der Waals surface area (Å²) in [5.74, 6) is 0.603. The minimum absolute atomic E-state index is 0.00465. The molecule has 2 aliphatic heterocycles. The predicted molar refractivity (Wildman–Crippen MR) is 105 cm³/mol. The van der Waals surface area contributed by atoms with E-state index in [1.165, 1.54) is 12.1 Å². The van der Waals surface area contributed by atoms with E-state index in [0.29, 0.717) is 36.2 Å². The van der Waals surface area contributed by atoms with Gasteiger partial charge < -0.3 is 20.5 Å². The molecule has 0 saturated carbocycles. The summed E-state index contributed by atoms with van der Waals surface area (Å²) in [4.78, 5) is 4.38. The van der Waals surface area contributed by atoms with Crippen LogP contribution >= 0.6 is 11.6 Å². The quantitative estimate of drug-likeness (QED) is 0.793. The third-order valence-electron chi connectivity index (χ3n) is 4.29. The molecular weight excluding hydrogens is 369 g/mol. The maximum absolute atomic E-state index is 13.7. The number of allylic oxidation sites excluding steroid dienone is 1. The minimum Gasteiger partial charge on any atom is -0.486 e. The highest BCUT2D eigenvalue weighted by Gasteiger charge is 2.18. The van der Waals surface area contributed by atoms with Crippen molar-refractivity contribution in [2.75, 3.05) is 24.3 Å². The number of nitrogens with one attached hydrogen (secondary N) is 1. The maximum atomic E-state index is 13.7. The molecule has 0 amide bonds. The Morgan fingerprint density at radius 3 is 3.00 bits per heavy atom. The van der Waals surface area contributed by atoms with E-state index in [0.717, 1.165) is 16.9 Å². The fourth-order valence-electron chi connectivity index (χ4n) is 2.92. The molecule has 0 unspecified atom stereocenters. The normalized spacial score (nSPS) is 18.0. The second kappa shape index (κ2) is 7.45. The molecule has 2 aliphatic rings. The Kier molecular flexibility index (Phi) is 4.86. The number of ether oxygens (including phenoxy) is 2. The second-order valence-corrected chi connectivity index (χ2v) is 6.64. The first-order chi connectivity index (χ1) is 13.1. The van der Waals surface area contributed by atoms with Crippen molar-refractivity contribution in [1.82, 2.24) is 0 Å². The number of benzene rings is 2. The first-order valence-electron chi connectivity index (χ1n) is 8.50. The number of halogens is 2. The zero-order valence-electron chi connectivity index (χ0n) is 14.3. The number of nitrogens with two attached hydrogens (primary N) is 1. The molecule has 0 aliphatic carbocycles. The van der Waals surface area contributed by atoms with Gasteiger partial charge in [-0.25, -0.2) is 9.38 Å². The van der Waals surface area contributed by atoms with Gasteiger partial charge in [0.1, 0.15) is 23.5 Å². The molecule has 2 aromatic carbocycles. The highest BCUT2D eigenvalue weighted by molar-refractivity contribution is 6.30. The molecule has 4 rings (SSSR count). The van der Waals surface area contributed by atoms with Gasteiger partial charge in [0.2, 0.25) is 0 Å². The summed E-state index contributed by atoms with van der Waals surface area (Å²) in [6.07, 6.45) is 4.14. The van der Waals surface area contributed by atoms with E-state index in [4.69, 9.17) is 26.8 Å². The van der Waals surface area contributed by atoms with E-state index in [2.05, 4.69) is 16.0 Å². The van der Waals surface area contributed by atoms with Gasteiger partial charge in [0.05, 0.1) is 23.9 Å². The van der Waals surface area contributed by atoms with Gasteiger partial charge in [-0.3, -0.25) is 0 Å². The molecule has 0 aromatic heterocycles. The molecule has 1 atom stereocenters. The highest BCUT2D eigenvalue weighted by Crippen LogP contribution is 2.22. The van der Waals surface area contributed by atoms with Gasteiger partial charge >= 0.3 is 0 Å². The molecule has 138 valence electrons. The molecule has 0 radical (unpaired) electrons. The van der Waals surface area contributed by atoms with Crippen LogP contribution in [0.4, 0.5) is 15.8 Å². The molecule has 1 fully saturated rings. The van der Waals surface area contributed by atoms with E-state index < -0.39 is 5.82 Å². The summed E-state index contributed by atoms with van der Waals surface area (Å²) in [5, 5.41) is 4.68. The molecular formula is C20H17ClFN3O2. The van der Waals surface area contributed by atoms with Crippen LogP contribution in [-0.4, -0.2) is 25.5 Å². The van der Waals surface area contributed by atoms with Crippen LogP contribution in [0, 0.1) is 5.82 Å². The predicted octanol–water partition coefficient (Wildman–Crippen LogP) is 2.43. The van der Waals surface area contributed by atoms with E-state index in [1.807, 2.05) is 6.07 Å². The molecule has 2 aromatic rings. The summed E-state index contributed by atoms with van der Waals surface area (Å²) in [5.41, 5.74) is 10.4. The number of hydrogen-bond donors (Lipinski definition) is 2. The third-order valence-corrected chi connectivity index (χ3v) is 4.59. The molecule has 1 saturated heterocycles. The fraction of sp³-hybridized carbons (Fsp3) is 0.200. The van der Waals surface area contributed by atoms with E-state index >= 15 is 0 Å². The minimum atomic E-state index is -0.508. The summed E-state index contributed by atoms with van der Waals surface area (Å²) in [6, 6.07) is 8.08. The number of aliphatic imine (C=N–C) groups is 1. The molecule has 0 bridgehead atoms. The Morgan fingerprint density at radius 2 is 2.22 bits per heavy atom. The number of nitrogens with zero attached hydrogens (tertiary/aromatic N) is 1. The van der Waals surface area contributed by atoms with Crippen LogP contribution in [0.2, 0.25) is 5.02 Å². The lowest BCUT2D eigenvalue weighted by molar-refractivity contribution is 0.142. The van der Waals surface area contributed by atoms with Crippen molar-refractivity contribution in [3.8, 4) is 5.75 Å². The number of fused-ring (bicyclic) bond motifs is 1. The van der Waals surface area contributed by atoms with Crippen molar-refractivity contribution in [2.24, 2.45) is 4.99 Å². The summed E-state index contributed by atoms with van der Waals surface area (Å²) in [6.45, 7) is 1.25. The van der Waals surface area contributed by atoms with Gasteiger partial charge in [0, 0.05) is 28.8 Å². The highest BCUT2D eigenvalue weighted by atomic mass is 35.5. The van der Waals surface area contributed by atoms with Crippen molar-refractivity contribution in [1.29, 1.82) is 0 Å². The van der Waals surface area contributed by atoms with Crippen molar-refractivity contribution in [2.45, 2.75) is 12.5 Å². The lowest BCUT2D eigenvalue weighted by Gasteiger charge is -2.14. The first-order valence-corrected chi connectivity index (χ1v) is 8.87. The molecule has 7 heteroatoms. The lowest BCUT2D eigenvalue weighted by atomic mass is 10.2. The number of anilines is 2. The van der Waals surface area contributed by atoms with Crippen molar-refractivity contribution < 1.29 is 13.9 Å². The Morgan fingerprint density at radius 1 is 1.33 bits per heavy atom. The SMILES string of the molecule is Nc1cc2c(cc1O[C@H]1CCOC1)=C=CC=NC=2Nc1ccc(Cl)c(F)c1. The number of rotatable bonds is 4. The van der Waals surface area contributed by atoms with Crippen LogP contribution < -0.4 is 26.2 Å². The van der Waals surface area contributed by atoms with Gasteiger partial charge in [-0.2, -0.15) is 0 Å². The van der Waals surface area contributed by atoms with Crippen molar-refractivity contribution in [3.63, 3.8) is 0 Å². The Labute approximate surface area is 160 Å². The Balaban J connectivity index is 1.75. The van der Waals surface area contributed by atoms with Crippen LogP contribution in [0.15, 0.2) is 41.4 Å². The Bertz CT molecular complexity index is 1070. The van der Waals surface area contributed by atoms with Crippen LogP contribution in [0.5, 0.6) is 5.75 Å². The zero-order valence-corrected chi connectivity index (χ0v) is 15.1. The van der Waals surface area contributed by atoms with Crippen LogP contribution in [0.1, 0.15) is 6.42 Å². The molecule has 27 heavy (non-hydrogen) atoms. The summed E-state index contributed by atoms with van der Waals surface area (Å²) < 4.78 is 25.0. The smallest absolute Gasteiger partial charge is 0.144 e. The van der Waals surface area contributed by atoms with Crippen LogP contribution in [0.25, 0.3) is 11.6 Å². The topological polar surface area (TPSA) is 68.9 Å². The Hall–Kier alpha value is -2.79. The standard InChI is InChI=1S/C20H17ClFN3O2/c21-16-4-3-13(9-17(16)22)25-20-15-10-18(23)19(27-14-5-7-26-11-14)8-12(15)2-1-6-24-20/h1,3-4,6,8-10,14,25H,5,7,11,23H2/t14-/m0/s1. The van der Waals surface area contributed by atoms with Gasteiger partial charge in [-0.15, -0.1) is 5.73 Å². The van der Waals surface area contributed by atoms with Gasteiger partial charge in [0.25, 0.3) is 0 Å². The third kappa shape index (κ3) is 3.83. The van der Waals surface area contributed by atoms with Crippen LogP contribution in [-0.2, 0) is 4.74 Å². The van der Waals surface area contributed by atoms with E-state index in [1.54, 1.807) is 24.4 Å². The number of hydrogen-bond acceptors (Lipinski definition) is 5. The second-order valence-electron chi connectivity index (χ2n) is 6.23. The molecule has 5 nitrogen and oxygen atoms in total. The number of nitrogen functional groups attached to an aromatic ring is 1. The monoisotopic (exact) mass is 385 g/mol. The van der Waals surface area contributed by atoms with E-state index in [9.17, 15) is 4.39 Å². The van der Waals surface area contributed by atoms with Gasteiger partial charge in [-0.1, -0.05) is 11.6 Å².